The van der Waals surface area contributed by atoms with Crippen molar-refractivity contribution < 1.29 is 13.9 Å². The van der Waals surface area contributed by atoms with Crippen molar-refractivity contribution in [1.82, 2.24) is 19.9 Å². The fourth-order valence-corrected chi connectivity index (χ4v) is 6.61. The molecule has 6 rings (SSSR count). The molecule has 2 aliphatic rings. The molecule has 2 fully saturated rings. The van der Waals surface area contributed by atoms with Gasteiger partial charge in [-0.15, -0.1) is 0 Å². The largest absolute Gasteiger partial charge is 0.492 e. The van der Waals surface area contributed by atoms with Gasteiger partial charge in [0.1, 0.15) is 23.5 Å². The molecule has 10 heteroatoms. The normalized spacial score (nSPS) is 21.8. The quantitative estimate of drug-likeness (QED) is 0.336. The van der Waals surface area contributed by atoms with Crippen LogP contribution >= 0.6 is 11.6 Å². The first-order chi connectivity index (χ1) is 19.3. The number of anilines is 1. The fourth-order valence-electron chi connectivity index (χ4n) is 6.36. The second-order valence-corrected chi connectivity index (χ2v) is 11.2. The number of benzene rings is 1. The SMILES string of the molecule is CCOc1cc(-c2ccc(N3C[C@@H]4C[C@@](C)(NC(=O)c5c(F)cccc5Cl)C[C@@H]4C3)nc2)c2c(C#N)cnn2c1. The van der Waals surface area contributed by atoms with E-state index in [1.54, 1.807) is 16.9 Å². The first kappa shape index (κ1) is 26.1. The van der Waals surface area contributed by atoms with E-state index in [-0.39, 0.29) is 10.6 Å². The molecule has 1 saturated carbocycles. The lowest BCUT2D eigenvalue weighted by atomic mass is 9.97. The van der Waals surface area contributed by atoms with Crippen molar-refractivity contribution in [2.24, 2.45) is 11.8 Å². The van der Waals surface area contributed by atoms with E-state index in [0.717, 1.165) is 42.9 Å². The van der Waals surface area contributed by atoms with Gasteiger partial charge in [0.05, 0.1) is 40.7 Å². The molecular weight excluding hydrogens is 531 g/mol. The number of nitrogens with zero attached hydrogens (tertiary/aromatic N) is 5. The molecule has 3 atom stereocenters. The first-order valence-corrected chi connectivity index (χ1v) is 13.7. The lowest BCUT2D eigenvalue weighted by Gasteiger charge is -2.29. The summed E-state index contributed by atoms with van der Waals surface area (Å²) in [5.41, 5.74) is 2.38. The number of nitriles is 1. The molecule has 1 aromatic carbocycles. The monoisotopic (exact) mass is 558 g/mol. The van der Waals surface area contributed by atoms with Gasteiger partial charge in [-0.05, 0) is 68.9 Å². The van der Waals surface area contributed by atoms with Crippen molar-refractivity contribution in [3.05, 3.63) is 77.0 Å². The van der Waals surface area contributed by atoms with Crippen LogP contribution in [0.2, 0.25) is 5.02 Å². The molecule has 8 nitrogen and oxygen atoms in total. The molecule has 0 bridgehead atoms. The van der Waals surface area contributed by atoms with Crippen LogP contribution in [-0.4, -0.2) is 45.7 Å². The minimum absolute atomic E-state index is 0.102. The molecule has 0 radical (unpaired) electrons. The minimum Gasteiger partial charge on any atom is -0.492 e. The Morgan fingerprint density at radius 2 is 2.02 bits per heavy atom. The summed E-state index contributed by atoms with van der Waals surface area (Å²) in [5, 5.41) is 17.1. The van der Waals surface area contributed by atoms with E-state index in [1.165, 1.54) is 18.2 Å². The number of fused-ring (bicyclic) bond motifs is 2. The number of ether oxygens (including phenoxy) is 1. The smallest absolute Gasteiger partial charge is 0.256 e. The highest BCUT2D eigenvalue weighted by Crippen LogP contribution is 2.45. The second-order valence-electron chi connectivity index (χ2n) is 10.8. The average Bonchev–Trinajstić information content (AvgIpc) is 3.59. The van der Waals surface area contributed by atoms with E-state index in [0.29, 0.717) is 35.3 Å². The minimum atomic E-state index is -0.616. The summed E-state index contributed by atoms with van der Waals surface area (Å²) in [6, 6.07) is 12.4. The second kappa shape index (κ2) is 10.1. The van der Waals surface area contributed by atoms with Crippen LogP contribution in [0.5, 0.6) is 5.75 Å². The van der Waals surface area contributed by atoms with E-state index in [4.69, 9.17) is 21.3 Å². The third-order valence-corrected chi connectivity index (χ3v) is 8.32. The Morgan fingerprint density at radius 3 is 2.67 bits per heavy atom. The van der Waals surface area contributed by atoms with Crippen molar-refractivity contribution in [3.8, 4) is 22.9 Å². The summed E-state index contributed by atoms with van der Waals surface area (Å²) >= 11 is 6.11. The standard InChI is InChI=1S/C30H28ClFN6O2/c1-3-40-22-9-23(28-21(12-33)14-35-38(28)17-22)18-7-8-26(34-13-18)37-15-19-10-30(2,11-20(19)16-37)36-29(39)27-24(31)5-4-6-25(27)32/h4-9,13-14,17,19-20H,3,10-11,15-16H2,1-2H3,(H,36,39)/t19-,20+,30+. The molecule has 1 saturated heterocycles. The van der Waals surface area contributed by atoms with E-state index in [9.17, 15) is 14.4 Å². The molecule has 3 aromatic heterocycles. The van der Waals surface area contributed by atoms with Crippen molar-refractivity contribution in [2.75, 3.05) is 24.6 Å². The first-order valence-electron chi connectivity index (χ1n) is 13.3. The van der Waals surface area contributed by atoms with Crippen LogP contribution in [0.4, 0.5) is 10.2 Å². The Balaban J connectivity index is 1.17. The number of nitrogens with one attached hydrogen (secondary N) is 1. The van der Waals surface area contributed by atoms with Gasteiger partial charge in [-0.2, -0.15) is 10.4 Å². The Labute approximate surface area is 236 Å². The van der Waals surface area contributed by atoms with Crippen molar-refractivity contribution in [2.45, 2.75) is 32.2 Å². The van der Waals surface area contributed by atoms with E-state index in [2.05, 4.69) is 21.4 Å². The Morgan fingerprint density at radius 1 is 1.25 bits per heavy atom. The number of aromatic nitrogens is 3. The molecule has 4 aromatic rings. The maximum absolute atomic E-state index is 14.3. The van der Waals surface area contributed by atoms with Gasteiger partial charge >= 0.3 is 0 Å². The van der Waals surface area contributed by atoms with Gasteiger partial charge in [-0.3, -0.25) is 4.79 Å². The van der Waals surface area contributed by atoms with Crippen LogP contribution in [0.3, 0.4) is 0 Å². The van der Waals surface area contributed by atoms with Crippen molar-refractivity contribution >= 4 is 28.8 Å². The van der Waals surface area contributed by atoms with Crippen LogP contribution in [0.15, 0.2) is 55.0 Å². The number of carbonyl (C=O) groups is 1. The van der Waals surface area contributed by atoms with Crippen LogP contribution < -0.4 is 15.0 Å². The summed E-state index contributed by atoms with van der Waals surface area (Å²) < 4.78 is 21.7. The lowest BCUT2D eigenvalue weighted by Crippen LogP contribution is -2.45. The molecule has 0 unspecified atom stereocenters. The lowest BCUT2D eigenvalue weighted by molar-refractivity contribution is 0.0901. The number of carbonyl (C=O) groups excluding carboxylic acids is 1. The summed E-state index contributed by atoms with van der Waals surface area (Å²) in [6.45, 7) is 6.12. The zero-order valence-electron chi connectivity index (χ0n) is 22.2. The predicted octanol–water partition coefficient (Wildman–Crippen LogP) is 5.49. The van der Waals surface area contributed by atoms with Gasteiger partial charge < -0.3 is 15.0 Å². The zero-order valence-corrected chi connectivity index (χ0v) is 23.0. The summed E-state index contributed by atoms with van der Waals surface area (Å²) in [4.78, 5) is 19.9. The maximum Gasteiger partial charge on any atom is 0.256 e. The Bertz CT molecular complexity index is 1610. The Hall–Kier alpha value is -4.16. The van der Waals surface area contributed by atoms with Crippen LogP contribution in [0.25, 0.3) is 16.6 Å². The number of hydrogen-bond donors (Lipinski definition) is 1. The topological polar surface area (TPSA) is 95.5 Å². The molecule has 1 aliphatic carbocycles. The van der Waals surface area contributed by atoms with Crippen LogP contribution in [-0.2, 0) is 0 Å². The Kier molecular flexibility index (Phi) is 6.59. The molecular formula is C30H28ClFN6O2. The van der Waals surface area contributed by atoms with E-state index < -0.39 is 17.3 Å². The number of rotatable bonds is 6. The third-order valence-electron chi connectivity index (χ3n) is 8.01. The molecule has 1 aliphatic heterocycles. The number of amides is 1. The molecule has 0 spiro atoms. The molecule has 4 heterocycles. The summed E-state index contributed by atoms with van der Waals surface area (Å²) in [7, 11) is 0. The van der Waals surface area contributed by atoms with Crippen LogP contribution in [0, 0.1) is 29.0 Å². The van der Waals surface area contributed by atoms with Gasteiger partial charge in [0.2, 0.25) is 0 Å². The highest BCUT2D eigenvalue weighted by Gasteiger charge is 2.48. The maximum atomic E-state index is 14.3. The molecule has 1 amide bonds. The average molecular weight is 559 g/mol. The van der Waals surface area contributed by atoms with Gasteiger partial charge in [-0.1, -0.05) is 17.7 Å². The highest BCUT2D eigenvalue weighted by atomic mass is 35.5. The summed E-state index contributed by atoms with van der Waals surface area (Å²) in [5.74, 6) is 1.23. The number of halogens is 2. The zero-order chi connectivity index (χ0) is 28.0. The van der Waals surface area contributed by atoms with Gasteiger partial charge in [-0.25, -0.2) is 13.9 Å². The van der Waals surface area contributed by atoms with Gasteiger partial charge in [0.25, 0.3) is 5.91 Å². The van der Waals surface area contributed by atoms with Crippen molar-refractivity contribution in [1.29, 1.82) is 5.26 Å². The number of pyridine rings is 2. The van der Waals surface area contributed by atoms with Gasteiger partial charge in [0.15, 0.2) is 0 Å². The molecule has 1 N–H and O–H groups in total. The van der Waals surface area contributed by atoms with E-state index >= 15 is 0 Å². The van der Waals surface area contributed by atoms with Gasteiger partial charge in [0, 0.05) is 36.0 Å². The van der Waals surface area contributed by atoms with Crippen LogP contribution in [0.1, 0.15) is 42.6 Å². The molecule has 204 valence electrons. The fraction of sp³-hybridized carbons (Fsp3) is 0.333. The number of hydrogen-bond acceptors (Lipinski definition) is 6. The van der Waals surface area contributed by atoms with Crippen molar-refractivity contribution in [3.63, 3.8) is 0 Å². The third kappa shape index (κ3) is 4.62. The highest BCUT2D eigenvalue weighted by molar-refractivity contribution is 6.33. The summed E-state index contributed by atoms with van der Waals surface area (Å²) in [6.07, 6.45) is 6.75. The molecule has 40 heavy (non-hydrogen) atoms. The van der Waals surface area contributed by atoms with E-state index in [1.807, 2.05) is 38.2 Å². The predicted molar refractivity (Wildman–Crippen MR) is 150 cm³/mol.